The molecule has 5 rings (SSSR count). The maximum Gasteiger partial charge on any atom is 0.346 e. The number of benzene rings is 2. The van der Waals surface area contributed by atoms with Gasteiger partial charge in [0.2, 0.25) is 0 Å². The third kappa shape index (κ3) is 4.75. The Bertz CT molecular complexity index is 1220. The van der Waals surface area contributed by atoms with Gasteiger partial charge in [0.15, 0.2) is 5.82 Å². The number of carbonyl (C=O) groups is 1. The summed E-state index contributed by atoms with van der Waals surface area (Å²) in [6.07, 6.45) is 2.01. The largest absolute Gasteiger partial charge is 0.346 e. The fourth-order valence-corrected chi connectivity index (χ4v) is 4.61. The van der Waals surface area contributed by atoms with Gasteiger partial charge in [0, 0.05) is 12.6 Å². The van der Waals surface area contributed by atoms with Crippen LogP contribution in [0.5, 0.6) is 0 Å². The molecule has 1 aliphatic rings. The van der Waals surface area contributed by atoms with Gasteiger partial charge in [-0.1, -0.05) is 66.7 Å². The van der Waals surface area contributed by atoms with E-state index in [0.29, 0.717) is 13.1 Å². The molecule has 0 aliphatic heterocycles. The number of nitrogens with one attached hydrogen (secondary N) is 2. The zero-order valence-electron chi connectivity index (χ0n) is 18.1. The summed E-state index contributed by atoms with van der Waals surface area (Å²) in [6.45, 7) is 0.610. The molecular weight excluding hydrogens is 434 g/mol. The quantitative estimate of drug-likeness (QED) is 0.414. The molecule has 7 nitrogen and oxygen atoms in total. The van der Waals surface area contributed by atoms with Crippen molar-refractivity contribution >= 4 is 17.4 Å². The molecule has 33 heavy (non-hydrogen) atoms. The van der Waals surface area contributed by atoms with Gasteiger partial charge in [-0.05, 0) is 35.4 Å². The molecule has 0 bridgehead atoms. The molecule has 0 atom stereocenters. The molecule has 8 heteroatoms. The second-order valence-corrected chi connectivity index (χ2v) is 9.01. The summed E-state index contributed by atoms with van der Waals surface area (Å²) in [5, 5.41) is 12.5. The fourth-order valence-electron chi connectivity index (χ4n) is 3.91. The van der Waals surface area contributed by atoms with Gasteiger partial charge in [0.05, 0.1) is 17.5 Å². The smallest absolute Gasteiger partial charge is 0.336 e. The Balaban J connectivity index is 1.26. The molecule has 1 saturated carbocycles. The molecule has 0 spiro atoms. The van der Waals surface area contributed by atoms with Gasteiger partial charge in [-0.2, -0.15) is 0 Å². The molecule has 0 saturated heterocycles. The molecule has 2 heterocycles. The average molecular weight is 460 g/mol. The fraction of sp³-hybridized carbons (Fsp3) is 0.240. The summed E-state index contributed by atoms with van der Waals surface area (Å²) in [7, 11) is 0. The summed E-state index contributed by atoms with van der Waals surface area (Å²) in [5.41, 5.74) is 1.88. The van der Waals surface area contributed by atoms with Crippen LogP contribution in [0.15, 0.2) is 83.0 Å². The third-order valence-corrected chi connectivity index (χ3v) is 6.54. The Kier molecular flexibility index (Phi) is 6.08. The number of carbonyl (C=O) groups excluding carboxylic acids is 1. The van der Waals surface area contributed by atoms with E-state index in [1.165, 1.54) is 4.68 Å². The lowest BCUT2D eigenvalue weighted by atomic mass is 9.99. The van der Waals surface area contributed by atoms with Gasteiger partial charge in [0.1, 0.15) is 0 Å². The minimum atomic E-state index is -0.291. The predicted octanol–water partition coefficient (Wildman–Crippen LogP) is 4.20. The van der Waals surface area contributed by atoms with Crippen molar-refractivity contribution in [2.45, 2.75) is 31.5 Å². The van der Waals surface area contributed by atoms with E-state index in [4.69, 9.17) is 0 Å². The third-order valence-electron chi connectivity index (χ3n) is 5.67. The standard InChI is InChI=1S/C25H25N5O2S/c31-24(27-22(18-8-3-1-4-9-18)19-10-5-2-6-11-19)26-15-16-29-25(32)30(20-13-14-20)23(28-29)21-12-7-17-33-21/h1-12,17,20,22H,13-16H2,(H2,26,27,31). The minimum Gasteiger partial charge on any atom is -0.336 e. The Hall–Kier alpha value is -3.65. The lowest BCUT2D eigenvalue weighted by Crippen LogP contribution is -2.40. The topological polar surface area (TPSA) is 81.0 Å². The van der Waals surface area contributed by atoms with Gasteiger partial charge in [-0.15, -0.1) is 16.4 Å². The Morgan fingerprint density at radius 2 is 1.67 bits per heavy atom. The summed E-state index contributed by atoms with van der Waals surface area (Å²) in [5.74, 6) is 0.718. The van der Waals surface area contributed by atoms with Crippen LogP contribution in [0.2, 0.25) is 0 Å². The Morgan fingerprint density at radius 3 is 2.24 bits per heavy atom. The van der Waals surface area contributed by atoms with Crippen molar-refractivity contribution in [1.29, 1.82) is 0 Å². The molecule has 0 radical (unpaired) electrons. The minimum absolute atomic E-state index is 0.116. The molecule has 2 aromatic carbocycles. The number of rotatable bonds is 8. The van der Waals surface area contributed by atoms with Crippen LogP contribution in [0.3, 0.4) is 0 Å². The highest BCUT2D eigenvalue weighted by atomic mass is 32.1. The van der Waals surface area contributed by atoms with E-state index in [-0.39, 0.29) is 23.8 Å². The monoisotopic (exact) mass is 459 g/mol. The molecule has 168 valence electrons. The van der Waals surface area contributed by atoms with Crippen molar-refractivity contribution in [1.82, 2.24) is 25.0 Å². The highest BCUT2D eigenvalue weighted by Crippen LogP contribution is 2.37. The van der Waals surface area contributed by atoms with E-state index in [0.717, 1.165) is 34.7 Å². The SMILES string of the molecule is O=C(NCCn1nc(-c2cccs2)n(C2CC2)c1=O)NC(c1ccccc1)c1ccccc1. The number of aromatic nitrogens is 3. The molecule has 4 aromatic rings. The number of nitrogens with zero attached hydrogens (tertiary/aromatic N) is 3. The van der Waals surface area contributed by atoms with Crippen molar-refractivity contribution in [3.8, 4) is 10.7 Å². The van der Waals surface area contributed by atoms with Crippen molar-refractivity contribution in [2.75, 3.05) is 6.54 Å². The Morgan fingerprint density at radius 1 is 1.00 bits per heavy atom. The predicted molar refractivity (Wildman–Crippen MR) is 129 cm³/mol. The number of thiophene rings is 1. The summed E-state index contributed by atoms with van der Waals surface area (Å²) < 4.78 is 3.26. The number of hydrogen-bond donors (Lipinski definition) is 2. The first kappa shape index (κ1) is 21.2. The van der Waals surface area contributed by atoms with Crippen LogP contribution in [0.1, 0.15) is 36.1 Å². The average Bonchev–Trinajstić information content (AvgIpc) is 3.42. The molecule has 2 amide bonds. The van der Waals surface area contributed by atoms with Crippen LogP contribution in [0.25, 0.3) is 10.7 Å². The highest BCUT2D eigenvalue weighted by Gasteiger charge is 2.30. The van der Waals surface area contributed by atoms with Gasteiger partial charge in [0.25, 0.3) is 0 Å². The number of amides is 2. The number of urea groups is 1. The second-order valence-electron chi connectivity index (χ2n) is 8.06. The van der Waals surface area contributed by atoms with Crippen molar-refractivity contribution in [3.63, 3.8) is 0 Å². The highest BCUT2D eigenvalue weighted by molar-refractivity contribution is 7.13. The van der Waals surface area contributed by atoms with Crippen LogP contribution in [-0.2, 0) is 6.54 Å². The molecular formula is C25H25N5O2S. The van der Waals surface area contributed by atoms with Gasteiger partial charge >= 0.3 is 11.7 Å². The molecule has 1 fully saturated rings. The van der Waals surface area contributed by atoms with Crippen LogP contribution in [-0.4, -0.2) is 26.9 Å². The summed E-state index contributed by atoms with van der Waals surface area (Å²) in [4.78, 5) is 26.6. The van der Waals surface area contributed by atoms with E-state index in [2.05, 4.69) is 15.7 Å². The maximum absolute atomic E-state index is 12.9. The maximum atomic E-state index is 12.9. The summed E-state index contributed by atoms with van der Waals surface area (Å²) in [6, 6.07) is 23.3. The zero-order chi connectivity index (χ0) is 22.6. The molecule has 1 aliphatic carbocycles. The first-order chi connectivity index (χ1) is 16.2. The Labute approximate surface area is 195 Å². The van der Waals surface area contributed by atoms with Crippen LogP contribution >= 0.6 is 11.3 Å². The lowest BCUT2D eigenvalue weighted by Gasteiger charge is -2.20. The first-order valence-corrected chi connectivity index (χ1v) is 12.0. The lowest BCUT2D eigenvalue weighted by molar-refractivity contribution is 0.238. The van der Waals surface area contributed by atoms with Crippen molar-refractivity contribution in [2.24, 2.45) is 0 Å². The van der Waals surface area contributed by atoms with E-state index < -0.39 is 0 Å². The van der Waals surface area contributed by atoms with E-state index >= 15 is 0 Å². The molecule has 2 N–H and O–H groups in total. The zero-order valence-corrected chi connectivity index (χ0v) is 18.9. The van der Waals surface area contributed by atoms with E-state index in [9.17, 15) is 9.59 Å². The second kappa shape index (κ2) is 9.46. The van der Waals surface area contributed by atoms with Crippen LogP contribution in [0.4, 0.5) is 4.79 Å². The van der Waals surface area contributed by atoms with Crippen molar-refractivity contribution < 1.29 is 4.79 Å². The number of hydrogen-bond acceptors (Lipinski definition) is 4. The van der Waals surface area contributed by atoms with Gasteiger partial charge < -0.3 is 10.6 Å². The van der Waals surface area contributed by atoms with Gasteiger partial charge in [-0.3, -0.25) is 4.57 Å². The van der Waals surface area contributed by atoms with E-state index in [1.807, 2.05) is 78.2 Å². The first-order valence-electron chi connectivity index (χ1n) is 11.1. The van der Waals surface area contributed by atoms with Crippen LogP contribution < -0.4 is 16.3 Å². The van der Waals surface area contributed by atoms with Gasteiger partial charge in [-0.25, -0.2) is 14.3 Å². The van der Waals surface area contributed by atoms with Crippen molar-refractivity contribution in [3.05, 3.63) is 99.8 Å². The molecule has 0 unspecified atom stereocenters. The normalized spacial score (nSPS) is 13.2. The summed E-state index contributed by atoms with van der Waals surface area (Å²) >= 11 is 1.57. The molecule has 2 aromatic heterocycles. The van der Waals surface area contributed by atoms with Crippen LogP contribution in [0, 0.1) is 0 Å². The van der Waals surface area contributed by atoms with E-state index in [1.54, 1.807) is 15.9 Å².